The smallest absolute Gasteiger partial charge is 0.120 e. The molecular weight excluding hydrogens is 180 g/mol. The first-order chi connectivity index (χ1) is 6.30. The molecule has 0 aliphatic rings. The average molecular weight is 196 g/mol. The highest BCUT2D eigenvalue weighted by Crippen LogP contribution is 2.24. The van der Waals surface area contributed by atoms with Gasteiger partial charge in [0, 0.05) is 4.90 Å². The van der Waals surface area contributed by atoms with E-state index in [4.69, 9.17) is 4.74 Å². The quantitative estimate of drug-likeness (QED) is 0.683. The molecule has 0 spiro atoms. The molecule has 0 aliphatic carbocycles. The monoisotopic (exact) mass is 196 g/mol. The summed E-state index contributed by atoms with van der Waals surface area (Å²) in [5.74, 6) is 0.968. The molecule has 2 heteroatoms. The van der Waals surface area contributed by atoms with Crippen LogP contribution < -0.4 is 4.74 Å². The van der Waals surface area contributed by atoms with Crippen molar-refractivity contribution in [2.75, 3.05) is 13.4 Å². The molecule has 0 heterocycles. The fraction of sp³-hybridized carbons (Fsp3) is 0.455. The Morgan fingerprint density at radius 2 is 2.08 bits per heavy atom. The van der Waals surface area contributed by atoms with Crippen molar-refractivity contribution < 1.29 is 4.74 Å². The molecule has 1 rings (SSSR count). The van der Waals surface area contributed by atoms with Crippen LogP contribution in [-0.2, 0) is 6.42 Å². The molecular formula is C11H16OS. The van der Waals surface area contributed by atoms with Crippen LogP contribution in [0.15, 0.2) is 23.1 Å². The Bertz CT molecular complexity index is 249. The van der Waals surface area contributed by atoms with E-state index in [0.717, 1.165) is 12.2 Å². The third-order valence-corrected chi connectivity index (χ3v) is 2.66. The SMILES string of the molecule is CCCc1cc(OC)cc(SC)c1. The van der Waals surface area contributed by atoms with Crippen LogP contribution in [0.1, 0.15) is 18.9 Å². The van der Waals surface area contributed by atoms with Crippen molar-refractivity contribution in [1.29, 1.82) is 0 Å². The summed E-state index contributed by atoms with van der Waals surface area (Å²) < 4.78 is 5.23. The summed E-state index contributed by atoms with van der Waals surface area (Å²) in [5, 5.41) is 0. The number of benzene rings is 1. The highest BCUT2D eigenvalue weighted by Gasteiger charge is 1.99. The van der Waals surface area contributed by atoms with Gasteiger partial charge in [0.1, 0.15) is 5.75 Å². The van der Waals surface area contributed by atoms with Crippen molar-refractivity contribution in [2.45, 2.75) is 24.7 Å². The zero-order valence-electron chi connectivity index (χ0n) is 8.46. The van der Waals surface area contributed by atoms with Gasteiger partial charge < -0.3 is 4.74 Å². The molecule has 13 heavy (non-hydrogen) atoms. The summed E-state index contributed by atoms with van der Waals surface area (Å²) in [6.45, 7) is 2.19. The highest BCUT2D eigenvalue weighted by molar-refractivity contribution is 7.98. The third-order valence-electron chi connectivity index (χ3n) is 1.95. The van der Waals surface area contributed by atoms with Gasteiger partial charge in [-0.05, 0) is 36.4 Å². The third kappa shape index (κ3) is 2.96. The van der Waals surface area contributed by atoms with Gasteiger partial charge in [-0.3, -0.25) is 0 Å². The molecule has 0 bridgehead atoms. The van der Waals surface area contributed by atoms with Crippen LogP contribution in [0.5, 0.6) is 5.75 Å². The van der Waals surface area contributed by atoms with Crippen LogP contribution in [0.25, 0.3) is 0 Å². The summed E-state index contributed by atoms with van der Waals surface area (Å²) in [4.78, 5) is 1.28. The lowest BCUT2D eigenvalue weighted by molar-refractivity contribution is 0.413. The molecule has 0 aromatic heterocycles. The van der Waals surface area contributed by atoms with Gasteiger partial charge in [-0.1, -0.05) is 13.3 Å². The first kappa shape index (κ1) is 10.5. The molecule has 1 aromatic carbocycles. The van der Waals surface area contributed by atoms with E-state index >= 15 is 0 Å². The van der Waals surface area contributed by atoms with Gasteiger partial charge in [-0.15, -0.1) is 11.8 Å². The highest BCUT2D eigenvalue weighted by atomic mass is 32.2. The standard InChI is InChI=1S/C11H16OS/c1-4-5-9-6-10(12-2)8-11(7-9)13-3/h6-8H,4-5H2,1-3H3. The molecule has 0 radical (unpaired) electrons. The topological polar surface area (TPSA) is 9.23 Å². The summed E-state index contributed by atoms with van der Waals surface area (Å²) in [6, 6.07) is 6.42. The maximum absolute atomic E-state index is 5.23. The van der Waals surface area contributed by atoms with Crippen molar-refractivity contribution in [3.63, 3.8) is 0 Å². The van der Waals surface area contributed by atoms with Crippen LogP contribution >= 0.6 is 11.8 Å². The minimum atomic E-state index is 0.968. The lowest BCUT2D eigenvalue weighted by atomic mass is 10.1. The average Bonchev–Trinajstić information content (AvgIpc) is 2.17. The summed E-state index contributed by atoms with van der Waals surface area (Å²) >= 11 is 1.76. The number of thioether (sulfide) groups is 1. The number of rotatable bonds is 4. The molecule has 72 valence electrons. The normalized spacial score (nSPS) is 10.1. The predicted molar refractivity (Wildman–Crippen MR) is 58.8 cm³/mol. The molecule has 0 saturated heterocycles. The molecule has 1 nitrogen and oxygen atoms in total. The molecule has 0 aliphatic heterocycles. The molecule has 1 aromatic rings. The first-order valence-corrected chi connectivity index (χ1v) is 5.74. The van der Waals surface area contributed by atoms with Crippen LogP contribution in [0.3, 0.4) is 0 Å². The predicted octanol–water partition coefficient (Wildman–Crippen LogP) is 3.37. The van der Waals surface area contributed by atoms with Crippen LogP contribution in [0.4, 0.5) is 0 Å². The van der Waals surface area contributed by atoms with Crippen LogP contribution in [-0.4, -0.2) is 13.4 Å². The summed E-state index contributed by atoms with van der Waals surface area (Å²) in [7, 11) is 1.72. The van der Waals surface area contributed by atoms with E-state index in [1.54, 1.807) is 18.9 Å². The second-order valence-corrected chi connectivity index (χ2v) is 3.85. The number of hydrogen-bond acceptors (Lipinski definition) is 2. The van der Waals surface area contributed by atoms with Gasteiger partial charge >= 0.3 is 0 Å². The minimum Gasteiger partial charge on any atom is -0.497 e. The molecule has 0 fully saturated rings. The Morgan fingerprint density at radius 1 is 1.31 bits per heavy atom. The maximum atomic E-state index is 5.23. The largest absolute Gasteiger partial charge is 0.497 e. The van der Waals surface area contributed by atoms with Crippen molar-refractivity contribution in [2.24, 2.45) is 0 Å². The molecule has 0 unspecified atom stereocenters. The van der Waals surface area contributed by atoms with Crippen LogP contribution in [0.2, 0.25) is 0 Å². The Hall–Kier alpha value is -0.630. The molecule has 0 atom stereocenters. The number of hydrogen-bond donors (Lipinski definition) is 0. The van der Waals surface area contributed by atoms with E-state index in [2.05, 4.69) is 31.4 Å². The zero-order chi connectivity index (χ0) is 9.68. The van der Waals surface area contributed by atoms with Gasteiger partial charge in [0.15, 0.2) is 0 Å². The minimum absolute atomic E-state index is 0.968. The van der Waals surface area contributed by atoms with E-state index in [1.807, 2.05) is 0 Å². The first-order valence-electron chi connectivity index (χ1n) is 4.52. The summed E-state index contributed by atoms with van der Waals surface area (Å²) in [6.07, 6.45) is 4.40. The lowest BCUT2D eigenvalue weighted by Crippen LogP contribution is -1.88. The number of aryl methyl sites for hydroxylation is 1. The van der Waals surface area contributed by atoms with Crippen molar-refractivity contribution >= 4 is 11.8 Å². The van der Waals surface area contributed by atoms with E-state index in [1.165, 1.54) is 16.9 Å². The molecule has 0 saturated carbocycles. The van der Waals surface area contributed by atoms with Gasteiger partial charge in [-0.2, -0.15) is 0 Å². The fourth-order valence-corrected chi connectivity index (χ4v) is 1.80. The Kier molecular flexibility index (Phi) is 4.16. The second-order valence-electron chi connectivity index (χ2n) is 2.97. The van der Waals surface area contributed by atoms with Crippen LogP contribution in [0, 0.1) is 0 Å². The zero-order valence-corrected chi connectivity index (χ0v) is 9.28. The number of methoxy groups -OCH3 is 1. The Morgan fingerprint density at radius 3 is 2.62 bits per heavy atom. The van der Waals surface area contributed by atoms with Gasteiger partial charge in [0.25, 0.3) is 0 Å². The van der Waals surface area contributed by atoms with Crippen molar-refractivity contribution in [3.8, 4) is 5.75 Å². The van der Waals surface area contributed by atoms with Crippen molar-refractivity contribution in [1.82, 2.24) is 0 Å². The molecule has 0 amide bonds. The van der Waals surface area contributed by atoms with Gasteiger partial charge in [0.2, 0.25) is 0 Å². The Balaban J connectivity index is 2.93. The van der Waals surface area contributed by atoms with E-state index in [9.17, 15) is 0 Å². The summed E-state index contributed by atoms with van der Waals surface area (Å²) in [5.41, 5.74) is 1.37. The fourth-order valence-electron chi connectivity index (χ4n) is 1.30. The van der Waals surface area contributed by atoms with Gasteiger partial charge in [-0.25, -0.2) is 0 Å². The number of ether oxygens (including phenoxy) is 1. The van der Waals surface area contributed by atoms with Gasteiger partial charge in [0.05, 0.1) is 7.11 Å². The second kappa shape index (κ2) is 5.18. The van der Waals surface area contributed by atoms with E-state index in [-0.39, 0.29) is 0 Å². The Labute approximate surface area is 84.5 Å². The van der Waals surface area contributed by atoms with Crippen molar-refractivity contribution in [3.05, 3.63) is 23.8 Å². The lowest BCUT2D eigenvalue weighted by Gasteiger charge is -2.06. The molecule has 0 N–H and O–H groups in total. The maximum Gasteiger partial charge on any atom is 0.120 e. The van der Waals surface area contributed by atoms with E-state index in [0.29, 0.717) is 0 Å². The van der Waals surface area contributed by atoms with E-state index < -0.39 is 0 Å².